The Labute approximate surface area is 181 Å². The molecule has 0 unspecified atom stereocenters. The van der Waals surface area contributed by atoms with Crippen LogP contribution in [0.25, 0.3) is 10.2 Å². The molecule has 30 heavy (non-hydrogen) atoms. The summed E-state index contributed by atoms with van der Waals surface area (Å²) >= 11 is 1.75. The summed E-state index contributed by atoms with van der Waals surface area (Å²) in [5, 5.41) is 4.83. The van der Waals surface area contributed by atoms with Crippen molar-refractivity contribution in [2.24, 2.45) is 0 Å². The van der Waals surface area contributed by atoms with Gasteiger partial charge in [-0.1, -0.05) is 43.5 Å². The molecule has 4 nitrogen and oxygen atoms in total. The van der Waals surface area contributed by atoms with E-state index in [-0.39, 0.29) is 11.6 Å². The first-order valence-electron chi connectivity index (χ1n) is 11.6. The van der Waals surface area contributed by atoms with Crippen molar-refractivity contribution in [3.8, 4) is 0 Å². The van der Waals surface area contributed by atoms with Crippen LogP contribution in [-0.4, -0.2) is 21.6 Å². The summed E-state index contributed by atoms with van der Waals surface area (Å²) in [6.07, 6.45) is 13.7. The number of thiophene rings is 1. The summed E-state index contributed by atoms with van der Waals surface area (Å²) in [7, 11) is 0. The lowest BCUT2D eigenvalue weighted by Crippen LogP contribution is -2.42. The van der Waals surface area contributed by atoms with Gasteiger partial charge in [0.15, 0.2) is 0 Å². The molecule has 1 fully saturated rings. The molecule has 2 aromatic heterocycles. The molecule has 1 saturated carbocycles. The van der Waals surface area contributed by atoms with Gasteiger partial charge in [-0.3, -0.25) is 9.36 Å². The molecule has 156 valence electrons. The molecule has 6 rings (SSSR count). The van der Waals surface area contributed by atoms with Crippen molar-refractivity contribution >= 4 is 21.6 Å². The third-order valence-electron chi connectivity index (χ3n) is 7.49. The Morgan fingerprint density at radius 3 is 2.50 bits per heavy atom. The fourth-order valence-corrected chi connectivity index (χ4v) is 7.17. The Morgan fingerprint density at radius 2 is 1.73 bits per heavy atom. The van der Waals surface area contributed by atoms with Crippen LogP contribution < -0.4 is 10.9 Å². The minimum Gasteiger partial charge on any atom is -0.311 e. The van der Waals surface area contributed by atoms with E-state index in [1.165, 1.54) is 53.7 Å². The average molecular weight is 420 g/mol. The summed E-state index contributed by atoms with van der Waals surface area (Å²) in [6, 6.07) is 10.0. The molecule has 3 aliphatic rings. The van der Waals surface area contributed by atoms with Crippen molar-refractivity contribution in [2.45, 2.75) is 82.3 Å². The number of hydrogen-bond donors (Lipinski definition) is 1. The Bertz CT molecular complexity index is 1120. The van der Waals surface area contributed by atoms with E-state index in [2.05, 4.69) is 29.6 Å². The zero-order valence-electron chi connectivity index (χ0n) is 17.4. The predicted molar refractivity (Wildman–Crippen MR) is 123 cm³/mol. The van der Waals surface area contributed by atoms with Gasteiger partial charge in [0, 0.05) is 23.0 Å². The minimum atomic E-state index is 0.175. The van der Waals surface area contributed by atoms with Gasteiger partial charge in [0.2, 0.25) is 0 Å². The topological polar surface area (TPSA) is 46.9 Å². The molecule has 1 N–H and O–H groups in total. The van der Waals surface area contributed by atoms with E-state index >= 15 is 0 Å². The van der Waals surface area contributed by atoms with Crippen LogP contribution in [0, 0.1) is 0 Å². The van der Waals surface area contributed by atoms with Crippen molar-refractivity contribution in [1.82, 2.24) is 14.9 Å². The molecule has 1 aromatic carbocycles. The highest BCUT2D eigenvalue weighted by molar-refractivity contribution is 7.18. The summed E-state index contributed by atoms with van der Waals surface area (Å²) < 4.78 is 1.92. The van der Waals surface area contributed by atoms with Gasteiger partial charge in [-0.2, -0.15) is 0 Å². The maximum atomic E-state index is 13.5. The summed E-state index contributed by atoms with van der Waals surface area (Å²) in [5.74, 6) is 0. The quantitative estimate of drug-likeness (QED) is 0.676. The summed E-state index contributed by atoms with van der Waals surface area (Å²) in [5.41, 5.74) is 4.21. The van der Waals surface area contributed by atoms with Gasteiger partial charge in [0.1, 0.15) is 4.83 Å². The highest BCUT2D eigenvalue weighted by Gasteiger charge is 2.29. The molecular formula is C25H29N3OS. The van der Waals surface area contributed by atoms with E-state index in [9.17, 15) is 4.79 Å². The van der Waals surface area contributed by atoms with E-state index in [0.717, 1.165) is 42.3 Å². The third kappa shape index (κ3) is 3.23. The van der Waals surface area contributed by atoms with Crippen LogP contribution in [0.4, 0.5) is 0 Å². The summed E-state index contributed by atoms with van der Waals surface area (Å²) in [4.78, 5) is 20.6. The summed E-state index contributed by atoms with van der Waals surface area (Å²) in [6.45, 7) is 0. The monoisotopic (exact) mass is 419 g/mol. The zero-order valence-corrected chi connectivity index (χ0v) is 18.2. The molecule has 0 amide bonds. The van der Waals surface area contributed by atoms with Gasteiger partial charge in [-0.05, 0) is 61.6 Å². The van der Waals surface area contributed by atoms with Crippen molar-refractivity contribution in [1.29, 1.82) is 0 Å². The first-order chi connectivity index (χ1) is 14.8. The van der Waals surface area contributed by atoms with Crippen LogP contribution in [0.2, 0.25) is 0 Å². The lowest BCUT2D eigenvalue weighted by Gasteiger charge is -2.30. The number of aromatic nitrogens is 2. The third-order valence-corrected chi connectivity index (χ3v) is 8.66. The van der Waals surface area contributed by atoms with Crippen LogP contribution in [-0.2, 0) is 25.7 Å². The van der Waals surface area contributed by atoms with Crippen molar-refractivity contribution in [3.63, 3.8) is 0 Å². The molecule has 0 radical (unpaired) electrons. The first-order valence-corrected chi connectivity index (χ1v) is 12.4. The second-order valence-corrected chi connectivity index (χ2v) is 10.5. The van der Waals surface area contributed by atoms with Crippen LogP contribution in [0.5, 0.6) is 0 Å². The lowest BCUT2D eigenvalue weighted by atomic mass is 9.90. The fraction of sp³-hybridized carbons (Fsp3) is 0.520. The molecule has 0 bridgehead atoms. The van der Waals surface area contributed by atoms with Crippen LogP contribution >= 0.6 is 11.3 Å². The maximum Gasteiger partial charge on any atom is 0.262 e. The van der Waals surface area contributed by atoms with Gasteiger partial charge in [0.25, 0.3) is 5.56 Å². The molecule has 3 aromatic rings. The van der Waals surface area contributed by atoms with Gasteiger partial charge >= 0.3 is 0 Å². The van der Waals surface area contributed by atoms with Crippen LogP contribution in [0.3, 0.4) is 0 Å². The molecule has 2 heterocycles. The van der Waals surface area contributed by atoms with Gasteiger partial charge < -0.3 is 5.32 Å². The Morgan fingerprint density at radius 1 is 0.967 bits per heavy atom. The molecule has 5 heteroatoms. The number of rotatable bonds is 3. The minimum absolute atomic E-state index is 0.175. The van der Waals surface area contributed by atoms with E-state index in [0.29, 0.717) is 12.1 Å². The fourth-order valence-electron chi connectivity index (χ4n) is 5.92. The molecule has 3 aliphatic carbocycles. The molecule has 1 atom stereocenters. The standard InChI is InChI=1S/C25H29N3OS/c29-25-23-21-11-10-19(27-18-8-2-1-3-9-18)14-22(21)30-24(23)26-15-28(25)20-12-16-6-4-5-7-17(16)13-20/h4-7,15,18-20,27H,1-3,8-14H2/t19-/m1/s1. The largest absolute Gasteiger partial charge is 0.311 e. The molecular weight excluding hydrogens is 390 g/mol. The SMILES string of the molecule is O=c1c2c3c(sc2ncn1C1Cc2ccccc2C1)C[C@H](NC1CCCCC1)CC3. The highest BCUT2D eigenvalue weighted by Crippen LogP contribution is 2.35. The van der Waals surface area contributed by atoms with E-state index in [1.54, 1.807) is 17.7 Å². The highest BCUT2D eigenvalue weighted by atomic mass is 32.1. The number of nitrogens with one attached hydrogen (secondary N) is 1. The van der Waals surface area contributed by atoms with Gasteiger partial charge in [-0.25, -0.2) is 4.98 Å². The van der Waals surface area contributed by atoms with Crippen LogP contribution in [0.15, 0.2) is 35.4 Å². The maximum absolute atomic E-state index is 13.5. The van der Waals surface area contributed by atoms with Crippen molar-refractivity contribution < 1.29 is 0 Å². The Balaban J connectivity index is 1.28. The number of benzene rings is 1. The number of nitrogens with zero attached hydrogens (tertiary/aromatic N) is 2. The molecule has 0 aliphatic heterocycles. The normalized spacial score (nSPS) is 22.3. The molecule has 0 spiro atoms. The second-order valence-electron chi connectivity index (χ2n) is 9.41. The predicted octanol–water partition coefficient (Wildman–Crippen LogP) is 4.58. The Hall–Kier alpha value is -1.98. The van der Waals surface area contributed by atoms with E-state index in [1.807, 2.05) is 4.57 Å². The lowest BCUT2D eigenvalue weighted by molar-refractivity contribution is 0.322. The van der Waals surface area contributed by atoms with E-state index < -0.39 is 0 Å². The van der Waals surface area contributed by atoms with Gasteiger partial charge in [0.05, 0.1) is 11.7 Å². The first kappa shape index (κ1) is 18.8. The van der Waals surface area contributed by atoms with Crippen molar-refractivity contribution in [2.75, 3.05) is 0 Å². The number of hydrogen-bond acceptors (Lipinski definition) is 4. The molecule has 0 saturated heterocycles. The zero-order chi connectivity index (χ0) is 20.1. The number of fused-ring (bicyclic) bond motifs is 4. The van der Waals surface area contributed by atoms with Crippen LogP contribution in [0.1, 0.15) is 66.1 Å². The number of aryl methyl sites for hydroxylation is 1. The Kier molecular flexibility index (Phi) is 4.76. The van der Waals surface area contributed by atoms with Gasteiger partial charge in [-0.15, -0.1) is 11.3 Å². The second kappa shape index (κ2) is 7.61. The smallest absolute Gasteiger partial charge is 0.262 e. The van der Waals surface area contributed by atoms with Crippen molar-refractivity contribution in [3.05, 3.63) is 62.5 Å². The van der Waals surface area contributed by atoms with E-state index in [4.69, 9.17) is 4.98 Å². The average Bonchev–Trinajstić information content (AvgIpc) is 3.36.